The van der Waals surface area contributed by atoms with Crippen molar-refractivity contribution in [3.8, 4) is 0 Å². The second kappa shape index (κ2) is 8.65. The van der Waals surface area contributed by atoms with Gasteiger partial charge in [0.05, 0.1) is 16.5 Å². The molecule has 1 heterocycles. The number of hydrogen-bond donors (Lipinski definition) is 2. The topological polar surface area (TPSA) is 105 Å². The van der Waals surface area contributed by atoms with Crippen LogP contribution in [0.4, 0.5) is 5.69 Å². The maximum absolute atomic E-state index is 12.7. The maximum Gasteiger partial charge on any atom is 0.265 e. The van der Waals surface area contributed by atoms with Gasteiger partial charge in [-0.05, 0) is 31.5 Å². The highest BCUT2D eigenvalue weighted by atomic mass is 35.5. The minimum atomic E-state index is -3.96. The van der Waals surface area contributed by atoms with Gasteiger partial charge in [0, 0.05) is 11.8 Å². The molecule has 1 aliphatic rings. The van der Waals surface area contributed by atoms with Gasteiger partial charge in [-0.15, -0.1) is 11.8 Å². The fourth-order valence-corrected chi connectivity index (χ4v) is 6.70. The number of nitrogens with one attached hydrogen (secondary N) is 2. The summed E-state index contributed by atoms with van der Waals surface area (Å²) in [4.78, 5) is 3.81. The standard InChI is InChI=1S/C18H20ClN3O4S3/c1-12(2)21-28(23,24)16-9-17-15(8-14(16)19)20-18(22-29(17,25)26)11-27-10-13-6-4-3-5-7-13/h3-9,12,21H,10-11H2,1-2H3,(H,20,22). The number of thioether (sulfide) groups is 1. The number of nitrogens with zero attached hydrogens (tertiary/aromatic N) is 1. The van der Waals surface area contributed by atoms with Crippen LogP contribution in [0.1, 0.15) is 19.4 Å². The molecule has 2 N–H and O–H groups in total. The lowest BCUT2D eigenvalue weighted by atomic mass is 10.2. The Kier molecular flexibility index (Phi) is 6.59. The molecule has 3 rings (SSSR count). The van der Waals surface area contributed by atoms with Gasteiger partial charge < -0.3 is 0 Å². The van der Waals surface area contributed by atoms with Crippen molar-refractivity contribution in [2.24, 2.45) is 4.99 Å². The summed E-state index contributed by atoms with van der Waals surface area (Å²) < 4.78 is 55.1. The molecule has 0 bridgehead atoms. The molecule has 0 radical (unpaired) electrons. The van der Waals surface area contributed by atoms with Gasteiger partial charge in [-0.25, -0.2) is 26.6 Å². The Morgan fingerprint density at radius 2 is 1.86 bits per heavy atom. The van der Waals surface area contributed by atoms with Crippen molar-refractivity contribution in [2.75, 3.05) is 5.75 Å². The summed E-state index contributed by atoms with van der Waals surface area (Å²) in [6.07, 6.45) is 0. The Hall–Kier alpha value is -1.59. The molecule has 1 aliphatic heterocycles. The number of amidine groups is 1. The van der Waals surface area contributed by atoms with Gasteiger partial charge in [-0.1, -0.05) is 41.9 Å². The third-order valence-corrected chi connectivity index (χ3v) is 8.39. The molecule has 0 aromatic heterocycles. The SMILES string of the molecule is CC(C)NS(=O)(=O)c1cc2c(cc1Cl)N=C(CSCc1ccccc1)NS2(=O)=O. The molecule has 0 aliphatic carbocycles. The van der Waals surface area contributed by atoms with Gasteiger partial charge >= 0.3 is 0 Å². The van der Waals surface area contributed by atoms with Gasteiger partial charge in [0.25, 0.3) is 10.0 Å². The van der Waals surface area contributed by atoms with E-state index in [1.54, 1.807) is 13.8 Å². The molecule has 0 atom stereocenters. The molecular formula is C18H20ClN3O4S3. The first-order valence-corrected chi connectivity index (χ1v) is 13.2. The highest BCUT2D eigenvalue weighted by Gasteiger charge is 2.30. The number of benzene rings is 2. The van der Waals surface area contributed by atoms with Crippen LogP contribution in [0.2, 0.25) is 5.02 Å². The van der Waals surface area contributed by atoms with Crippen LogP contribution in [-0.4, -0.2) is 34.5 Å². The third kappa shape index (κ3) is 5.32. The van der Waals surface area contributed by atoms with Crippen molar-refractivity contribution in [3.63, 3.8) is 0 Å². The zero-order valence-corrected chi connectivity index (χ0v) is 18.9. The average Bonchev–Trinajstić information content (AvgIpc) is 2.60. The summed E-state index contributed by atoms with van der Waals surface area (Å²) in [5.74, 6) is 1.32. The Balaban J connectivity index is 1.88. The molecule has 0 fully saturated rings. The predicted molar refractivity (Wildman–Crippen MR) is 117 cm³/mol. The fraction of sp³-hybridized carbons (Fsp3) is 0.278. The number of rotatable bonds is 7. The fourth-order valence-electron chi connectivity index (χ4n) is 2.69. The molecule has 2 aromatic carbocycles. The molecule has 0 amide bonds. The van der Waals surface area contributed by atoms with E-state index in [4.69, 9.17) is 11.6 Å². The quantitative estimate of drug-likeness (QED) is 0.642. The van der Waals surface area contributed by atoms with Crippen LogP contribution in [0.5, 0.6) is 0 Å². The van der Waals surface area contributed by atoms with Gasteiger partial charge in [0.2, 0.25) is 10.0 Å². The highest BCUT2D eigenvalue weighted by molar-refractivity contribution is 7.99. The van der Waals surface area contributed by atoms with Crippen molar-refractivity contribution < 1.29 is 16.8 Å². The van der Waals surface area contributed by atoms with Crippen molar-refractivity contribution in [3.05, 3.63) is 53.1 Å². The zero-order chi connectivity index (χ0) is 21.2. The zero-order valence-electron chi connectivity index (χ0n) is 15.7. The van der Waals surface area contributed by atoms with E-state index in [0.717, 1.165) is 11.6 Å². The van der Waals surface area contributed by atoms with Crippen LogP contribution in [0.25, 0.3) is 0 Å². The van der Waals surface area contributed by atoms with Crippen molar-refractivity contribution >= 4 is 54.9 Å². The first-order chi connectivity index (χ1) is 13.6. The van der Waals surface area contributed by atoms with Gasteiger partial charge in [0.1, 0.15) is 15.6 Å². The second-order valence-electron chi connectivity index (χ2n) is 6.67. The first kappa shape index (κ1) is 22.1. The summed E-state index contributed by atoms with van der Waals surface area (Å²) in [5.41, 5.74) is 1.24. The number of hydrogen-bond acceptors (Lipinski definition) is 6. The molecular weight excluding hydrogens is 454 g/mol. The monoisotopic (exact) mass is 473 g/mol. The second-order valence-corrected chi connectivity index (χ2v) is 11.4. The summed E-state index contributed by atoms with van der Waals surface area (Å²) in [7, 11) is -7.92. The van der Waals surface area contributed by atoms with Crippen LogP contribution >= 0.6 is 23.4 Å². The number of fused-ring (bicyclic) bond motifs is 1. The Labute approximate surface area is 180 Å². The van der Waals surface area contributed by atoms with E-state index in [-0.39, 0.29) is 32.4 Å². The first-order valence-electron chi connectivity index (χ1n) is 8.66. The van der Waals surface area contributed by atoms with Crippen molar-refractivity contribution in [1.29, 1.82) is 0 Å². The number of halogens is 1. The van der Waals surface area contributed by atoms with E-state index in [0.29, 0.717) is 11.5 Å². The molecule has 11 heteroatoms. The highest BCUT2D eigenvalue weighted by Crippen LogP contribution is 2.35. The lowest BCUT2D eigenvalue weighted by Gasteiger charge is -2.20. The van der Waals surface area contributed by atoms with Crippen LogP contribution < -0.4 is 9.44 Å². The van der Waals surface area contributed by atoms with E-state index >= 15 is 0 Å². The molecule has 156 valence electrons. The molecule has 2 aromatic rings. The van der Waals surface area contributed by atoms with Gasteiger partial charge in [-0.3, -0.25) is 4.72 Å². The summed E-state index contributed by atoms with van der Waals surface area (Å²) in [6, 6.07) is 11.7. The van der Waals surface area contributed by atoms with Gasteiger partial charge in [-0.2, -0.15) is 0 Å². The minimum Gasteiger partial charge on any atom is -0.266 e. The smallest absolute Gasteiger partial charge is 0.265 e. The average molecular weight is 474 g/mol. The Bertz CT molecular complexity index is 1150. The minimum absolute atomic E-state index is 0.0889. The van der Waals surface area contributed by atoms with Crippen LogP contribution in [0.15, 0.2) is 57.2 Å². The summed E-state index contributed by atoms with van der Waals surface area (Å²) in [5, 5.41) is -0.0889. The van der Waals surface area contributed by atoms with E-state index in [1.165, 1.54) is 17.8 Å². The summed E-state index contributed by atoms with van der Waals surface area (Å²) in [6.45, 7) is 3.32. The summed E-state index contributed by atoms with van der Waals surface area (Å²) >= 11 is 7.66. The normalized spacial score (nSPS) is 15.5. The third-order valence-electron chi connectivity index (χ3n) is 3.84. The van der Waals surface area contributed by atoms with Crippen LogP contribution in [0.3, 0.4) is 0 Å². The van der Waals surface area contributed by atoms with E-state index < -0.39 is 20.0 Å². The molecule has 0 saturated carbocycles. The lowest BCUT2D eigenvalue weighted by Crippen LogP contribution is -2.35. The Morgan fingerprint density at radius 1 is 1.17 bits per heavy atom. The predicted octanol–water partition coefficient (Wildman–Crippen LogP) is 3.28. The Morgan fingerprint density at radius 3 is 2.52 bits per heavy atom. The van der Waals surface area contributed by atoms with E-state index in [2.05, 4.69) is 14.4 Å². The molecule has 7 nitrogen and oxygen atoms in total. The van der Waals surface area contributed by atoms with Crippen molar-refractivity contribution in [1.82, 2.24) is 9.44 Å². The molecule has 0 unspecified atom stereocenters. The number of sulfonamides is 2. The van der Waals surface area contributed by atoms with E-state index in [9.17, 15) is 16.8 Å². The largest absolute Gasteiger partial charge is 0.266 e. The van der Waals surface area contributed by atoms with Crippen molar-refractivity contribution in [2.45, 2.75) is 35.4 Å². The van der Waals surface area contributed by atoms with Crippen LogP contribution in [0, 0.1) is 0 Å². The lowest BCUT2D eigenvalue weighted by molar-refractivity contribution is 0.569. The van der Waals surface area contributed by atoms with E-state index in [1.807, 2.05) is 30.3 Å². The van der Waals surface area contributed by atoms with Gasteiger partial charge in [0.15, 0.2) is 0 Å². The maximum atomic E-state index is 12.7. The van der Waals surface area contributed by atoms with Crippen LogP contribution in [-0.2, 0) is 25.8 Å². The molecule has 0 saturated heterocycles. The molecule has 29 heavy (non-hydrogen) atoms. The molecule has 0 spiro atoms. The number of aliphatic imine (C=N–C) groups is 1.